The largest absolute Gasteiger partial charge is 0.456 e. The Hall–Kier alpha value is -3.18. The molecule has 4 heteroatoms. The number of hydrogen-bond donors (Lipinski definition) is 1. The van der Waals surface area contributed by atoms with Gasteiger partial charge >= 0.3 is 0 Å². The van der Waals surface area contributed by atoms with Gasteiger partial charge in [-0.15, -0.1) is 0 Å². The molecule has 3 nitrogen and oxygen atoms in total. The Kier molecular flexibility index (Phi) is 5.91. The van der Waals surface area contributed by atoms with Gasteiger partial charge in [-0.05, 0) is 22.8 Å². The van der Waals surface area contributed by atoms with Crippen molar-refractivity contribution in [2.45, 2.75) is 23.9 Å². The highest BCUT2D eigenvalue weighted by molar-refractivity contribution is 6.31. The van der Waals surface area contributed by atoms with Crippen molar-refractivity contribution >= 4 is 9.76 Å². The van der Waals surface area contributed by atoms with E-state index < -0.39 is 11.9 Å². The molecule has 1 aliphatic rings. The van der Waals surface area contributed by atoms with Gasteiger partial charge in [0.05, 0.1) is 0 Å². The number of para-hydroxylation sites is 1. The Morgan fingerprint density at radius 2 is 1.28 bits per heavy atom. The quantitative estimate of drug-likeness (QED) is 0.419. The van der Waals surface area contributed by atoms with Gasteiger partial charge in [-0.1, -0.05) is 109 Å². The van der Waals surface area contributed by atoms with Crippen molar-refractivity contribution in [3.8, 4) is 5.75 Å². The SMILES string of the molecule is OC1Cc2ccccc2OC1(O[Si]C(c1ccccc1)c1ccccc1)c1ccccc1. The summed E-state index contributed by atoms with van der Waals surface area (Å²) in [6.07, 6.45) is -0.365. The molecule has 0 bridgehead atoms. The maximum Gasteiger partial charge on any atom is 0.254 e. The minimum Gasteiger partial charge on any atom is -0.456 e. The summed E-state index contributed by atoms with van der Waals surface area (Å²) < 4.78 is 13.1. The van der Waals surface area contributed by atoms with Gasteiger partial charge in [0.25, 0.3) is 5.79 Å². The van der Waals surface area contributed by atoms with Gasteiger partial charge < -0.3 is 14.3 Å². The molecular weight excluding hydrogens is 412 g/mol. The summed E-state index contributed by atoms with van der Waals surface area (Å²) in [7, 11) is 0.0439. The number of rotatable bonds is 6. The van der Waals surface area contributed by atoms with E-state index in [1.54, 1.807) is 0 Å². The fourth-order valence-corrected chi connectivity index (χ4v) is 5.43. The average Bonchev–Trinajstić information content (AvgIpc) is 2.86. The molecule has 158 valence electrons. The Bertz CT molecular complexity index is 1110. The van der Waals surface area contributed by atoms with Crippen molar-refractivity contribution in [1.29, 1.82) is 0 Å². The summed E-state index contributed by atoms with van der Waals surface area (Å²) in [4.78, 5) is 0. The van der Waals surface area contributed by atoms with E-state index in [1.165, 1.54) is 11.1 Å². The van der Waals surface area contributed by atoms with Crippen LogP contribution in [0.25, 0.3) is 0 Å². The molecule has 2 unspecified atom stereocenters. The van der Waals surface area contributed by atoms with Crippen LogP contribution in [0.15, 0.2) is 115 Å². The summed E-state index contributed by atoms with van der Waals surface area (Å²) in [5, 5.41) is 11.3. The predicted octanol–water partition coefficient (Wildman–Crippen LogP) is 5.26. The van der Waals surface area contributed by atoms with Crippen LogP contribution in [0.5, 0.6) is 5.75 Å². The van der Waals surface area contributed by atoms with E-state index in [0.29, 0.717) is 6.42 Å². The topological polar surface area (TPSA) is 38.7 Å². The first-order valence-corrected chi connectivity index (χ1v) is 11.8. The summed E-state index contributed by atoms with van der Waals surface area (Å²) in [5.41, 5.74) is 4.18. The molecule has 5 rings (SSSR count). The number of hydrogen-bond acceptors (Lipinski definition) is 3. The van der Waals surface area contributed by atoms with E-state index >= 15 is 0 Å². The van der Waals surface area contributed by atoms with E-state index in [4.69, 9.17) is 9.16 Å². The Labute approximate surface area is 191 Å². The van der Waals surface area contributed by atoms with Crippen molar-refractivity contribution < 1.29 is 14.3 Å². The molecule has 0 saturated heterocycles. The predicted molar refractivity (Wildman–Crippen MR) is 126 cm³/mol. The lowest BCUT2D eigenvalue weighted by molar-refractivity contribution is -0.204. The third-order valence-corrected chi connectivity index (χ3v) is 7.18. The molecule has 2 radical (unpaired) electrons. The van der Waals surface area contributed by atoms with Crippen LogP contribution in [-0.4, -0.2) is 21.0 Å². The molecule has 0 aliphatic carbocycles. The zero-order valence-electron chi connectivity index (χ0n) is 17.6. The zero-order valence-corrected chi connectivity index (χ0v) is 18.6. The van der Waals surface area contributed by atoms with Crippen molar-refractivity contribution in [2.75, 3.05) is 0 Å². The first kappa shape index (κ1) is 20.7. The highest BCUT2D eigenvalue weighted by atomic mass is 28.2. The first-order valence-electron chi connectivity index (χ1n) is 10.8. The van der Waals surface area contributed by atoms with Crippen LogP contribution in [0, 0.1) is 0 Å². The van der Waals surface area contributed by atoms with Crippen LogP contribution in [0.1, 0.15) is 27.8 Å². The number of fused-ring (bicyclic) bond motifs is 1. The van der Waals surface area contributed by atoms with Gasteiger partial charge in [0, 0.05) is 17.5 Å². The second-order valence-corrected chi connectivity index (χ2v) is 8.95. The van der Waals surface area contributed by atoms with Crippen LogP contribution < -0.4 is 4.74 Å². The molecule has 0 amide bonds. The van der Waals surface area contributed by atoms with E-state index in [0.717, 1.165) is 16.9 Å². The molecule has 1 aliphatic heterocycles. The zero-order chi connectivity index (χ0) is 21.8. The van der Waals surface area contributed by atoms with E-state index in [2.05, 4.69) is 24.3 Å². The molecule has 1 heterocycles. The molecule has 0 saturated carbocycles. The lowest BCUT2D eigenvalue weighted by atomic mass is 9.91. The van der Waals surface area contributed by atoms with Crippen molar-refractivity contribution in [2.24, 2.45) is 0 Å². The normalized spacial score (nSPS) is 19.9. The molecule has 0 aromatic heterocycles. The summed E-state index contributed by atoms with van der Waals surface area (Å²) >= 11 is 0. The van der Waals surface area contributed by atoms with Gasteiger partial charge in [0.15, 0.2) is 0 Å². The maximum atomic E-state index is 11.3. The highest BCUT2D eigenvalue weighted by Crippen LogP contribution is 2.41. The third-order valence-electron chi connectivity index (χ3n) is 5.86. The van der Waals surface area contributed by atoms with Crippen LogP contribution in [0.4, 0.5) is 0 Å². The maximum absolute atomic E-state index is 11.3. The summed E-state index contributed by atoms with van der Waals surface area (Å²) in [6.45, 7) is 0. The monoisotopic (exact) mass is 436 g/mol. The van der Waals surface area contributed by atoms with E-state index in [-0.39, 0.29) is 15.3 Å². The Morgan fingerprint density at radius 3 is 1.91 bits per heavy atom. The van der Waals surface area contributed by atoms with Gasteiger partial charge in [-0.25, -0.2) is 0 Å². The van der Waals surface area contributed by atoms with Gasteiger partial charge in [-0.2, -0.15) is 0 Å². The van der Waals surface area contributed by atoms with Gasteiger partial charge in [-0.3, -0.25) is 0 Å². The van der Waals surface area contributed by atoms with Crippen LogP contribution in [0.2, 0.25) is 0 Å². The van der Waals surface area contributed by atoms with E-state index in [1.807, 2.05) is 91.0 Å². The van der Waals surface area contributed by atoms with Crippen LogP contribution >= 0.6 is 0 Å². The molecule has 4 aromatic rings. The lowest BCUT2D eigenvalue weighted by Gasteiger charge is -2.43. The number of benzene rings is 4. The smallest absolute Gasteiger partial charge is 0.254 e. The minimum absolute atomic E-state index is 0.0333. The molecule has 4 aromatic carbocycles. The Morgan fingerprint density at radius 1 is 0.750 bits per heavy atom. The summed E-state index contributed by atoms with van der Waals surface area (Å²) in [5.74, 6) is -0.516. The molecule has 2 atom stereocenters. The standard InChI is InChI=1S/C28H24O3Si/c29-26-20-23-16-10-11-19-25(23)30-28(26,24-17-8-3-9-18-24)31-32-27(21-12-4-1-5-13-21)22-14-6-2-7-15-22/h1-19,26-27,29H,20H2. The van der Waals surface area contributed by atoms with Crippen molar-refractivity contribution in [3.05, 3.63) is 138 Å². The van der Waals surface area contributed by atoms with E-state index in [9.17, 15) is 5.11 Å². The molecule has 0 fully saturated rings. The minimum atomic E-state index is -1.27. The molecule has 1 N–H and O–H groups in total. The number of ether oxygens (including phenoxy) is 1. The molecule has 32 heavy (non-hydrogen) atoms. The average molecular weight is 437 g/mol. The lowest BCUT2D eigenvalue weighted by Crippen LogP contribution is -2.52. The van der Waals surface area contributed by atoms with Crippen LogP contribution in [0.3, 0.4) is 0 Å². The second-order valence-electron chi connectivity index (χ2n) is 7.94. The second kappa shape index (κ2) is 9.13. The van der Waals surface area contributed by atoms with Crippen molar-refractivity contribution in [3.63, 3.8) is 0 Å². The molecule has 0 spiro atoms. The fourth-order valence-electron chi connectivity index (χ4n) is 4.18. The molecular formula is C28H24O3Si. The first-order chi connectivity index (χ1) is 15.8. The third kappa shape index (κ3) is 4.00. The fraction of sp³-hybridized carbons (Fsp3) is 0.143. The Balaban J connectivity index is 1.53. The van der Waals surface area contributed by atoms with Gasteiger partial charge in [0.1, 0.15) is 11.9 Å². The number of aliphatic hydroxyl groups is 1. The van der Waals surface area contributed by atoms with Crippen molar-refractivity contribution in [1.82, 2.24) is 0 Å². The number of aliphatic hydroxyl groups excluding tert-OH is 1. The summed E-state index contributed by atoms with van der Waals surface area (Å²) in [6, 6.07) is 38.3. The van der Waals surface area contributed by atoms with Gasteiger partial charge in [0.2, 0.25) is 9.76 Å². The van der Waals surface area contributed by atoms with Crippen LogP contribution in [-0.2, 0) is 16.6 Å². The highest BCUT2D eigenvalue weighted by Gasteiger charge is 2.47.